The summed E-state index contributed by atoms with van der Waals surface area (Å²) in [6, 6.07) is 3.72. The number of piperidine rings is 1. The minimum absolute atomic E-state index is 0.0791. The van der Waals surface area contributed by atoms with E-state index in [9.17, 15) is 26.4 Å². The zero-order chi connectivity index (χ0) is 22.1. The second-order valence-corrected chi connectivity index (χ2v) is 9.36. The summed E-state index contributed by atoms with van der Waals surface area (Å²) in [7, 11) is -0.597. The third kappa shape index (κ3) is 4.84. The van der Waals surface area contributed by atoms with E-state index in [1.54, 1.807) is 29.9 Å². The highest BCUT2D eigenvalue weighted by atomic mass is 32.2. The van der Waals surface area contributed by atoms with E-state index in [0.29, 0.717) is 25.5 Å². The molecule has 0 atom stereocenters. The maximum atomic E-state index is 12.9. The lowest BCUT2D eigenvalue weighted by molar-refractivity contribution is -0.138. The number of amides is 1. The van der Waals surface area contributed by atoms with Crippen molar-refractivity contribution >= 4 is 15.9 Å². The molecule has 2 heterocycles. The Balaban J connectivity index is 1.63. The number of aryl methyl sites for hydroxylation is 1. The third-order valence-corrected chi connectivity index (χ3v) is 7.05. The van der Waals surface area contributed by atoms with Crippen LogP contribution in [0.2, 0.25) is 0 Å². The van der Waals surface area contributed by atoms with E-state index in [0.717, 1.165) is 28.1 Å². The molecule has 1 aliphatic heterocycles. The number of halogens is 3. The quantitative estimate of drug-likeness (QED) is 0.710. The summed E-state index contributed by atoms with van der Waals surface area (Å²) < 4.78 is 67.1. The van der Waals surface area contributed by atoms with Gasteiger partial charge in [-0.2, -0.15) is 22.6 Å². The van der Waals surface area contributed by atoms with Gasteiger partial charge in [0, 0.05) is 51.4 Å². The zero-order valence-corrected chi connectivity index (χ0v) is 17.4. The predicted molar refractivity (Wildman–Crippen MR) is 103 cm³/mol. The first kappa shape index (κ1) is 22.3. The number of alkyl halides is 3. The molecule has 1 fully saturated rings. The van der Waals surface area contributed by atoms with E-state index in [1.807, 2.05) is 6.20 Å². The second-order valence-electron chi connectivity index (χ2n) is 7.42. The van der Waals surface area contributed by atoms with Gasteiger partial charge in [0.2, 0.25) is 15.9 Å². The first-order valence-electron chi connectivity index (χ1n) is 9.38. The van der Waals surface area contributed by atoms with Gasteiger partial charge in [-0.1, -0.05) is 6.07 Å². The fourth-order valence-corrected chi connectivity index (χ4v) is 5.06. The van der Waals surface area contributed by atoms with Crippen LogP contribution in [0.15, 0.2) is 41.6 Å². The topological polar surface area (TPSA) is 75.5 Å². The lowest BCUT2D eigenvalue weighted by atomic mass is 9.96. The van der Waals surface area contributed by atoms with Crippen LogP contribution in [0.4, 0.5) is 13.2 Å². The van der Waals surface area contributed by atoms with E-state index >= 15 is 0 Å². The van der Waals surface area contributed by atoms with Crippen LogP contribution in [0.25, 0.3) is 0 Å². The predicted octanol–water partition coefficient (Wildman–Crippen LogP) is 2.50. The number of hydrogen-bond acceptors (Lipinski definition) is 4. The van der Waals surface area contributed by atoms with Crippen LogP contribution in [-0.2, 0) is 34.6 Å². The van der Waals surface area contributed by atoms with Gasteiger partial charge in [-0.15, -0.1) is 0 Å². The third-order valence-electron chi connectivity index (χ3n) is 5.16. The number of carbonyl (C=O) groups excluding carboxylic acids is 1. The van der Waals surface area contributed by atoms with Crippen molar-refractivity contribution in [2.24, 2.45) is 13.0 Å². The Hall–Kier alpha value is -2.40. The standard InChI is InChI=1S/C19H23F3N4O3S/c1-24(12-14-11-23-25(2)13-14)18(27)15-6-8-26(9-7-15)30(28,29)17-5-3-4-16(10-17)19(20,21)22/h3-5,10-11,13,15H,6-9,12H2,1-2H3. The molecule has 1 aromatic heterocycles. The maximum absolute atomic E-state index is 12.9. The molecule has 1 aromatic carbocycles. The highest BCUT2D eigenvalue weighted by Gasteiger charge is 2.35. The largest absolute Gasteiger partial charge is 0.416 e. The molecular weight excluding hydrogens is 421 g/mol. The number of hydrogen-bond donors (Lipinski definition) is 0. The Kier molecular flexibility index (Phi) is 6.23. The monoisotopic (exact) mass is 444 g/mol. The number of aromatic nitrogens is 2. The first-order valence-corrected chi connectivity index (χ1v) is 10.8. The van der Waals surface area contributed by atoms with E-state index in [1.165, 1.54) is 0 Å². The van der Waals surface area contributed by atoms with Crippen molar-refractivity contribution in [2.75, 3.05) is 20.1 Å². The van der Waals surface area contributed by atoms with Crippen LogP contribution >= 0.6 is 0 Å². The number of carbonyl (C=O) groups is 1. The van der Waals surface area contributed by atoms with Crippen molar-refractivity contribution < 1.29 is 26.4 Å². The van der Waals surface area contributed by atoms with Crippen molar-refractivity contribution in [1.29, 1.82) is 0 Å². The van der Waals surface area contributed by atoms with Gasteiger partial charge in [0.05, 0.1) is 16.7 Å². The van der Waals surface area contributed by atoms with E-state index < -0.39 is 26.7 Å². The van der Waals surface area contributed by atoms with Gasteiger partial charge in [-0.05, 0) is 31.0 Å². The fourth-order valence-electron chi connectivity index (χ4n) is 3.54. The van der Waals surface area contributed by atoms with E-state index in [-0.39, 0.29) is 24.9 Å². The van der Waals surface area contributed by atoms with Crippen LogP contribution in [-0.4, -0.2) is 53.4 Å². The minimum Gasteiger partial charge on any atom is -0.341 e. The van der Waals surface area contributed by atoms with Crippen molar-refractivity contribution in [3.8, 4) is 0 Å². The first-order chi connectivity index (χ1) is 14.0. The minimum atomic E-state index is -4.62. The van der Waals surface area contributed by atoms with Gasteiger partial charge >= 0.3 is 6.18 Å². The summed E-state index contributed by atoms with van der Waals surface area (Å²) in [4.78, 5) is 13.9. The van der Waals surface area contributed by atoms with Gasteiger partial charge in [-0.25, -0.2) is 8.42 Å². The second kappa shape index (κ2) is 8.38. The molecule has 11 heteroatoms. The highest BCUT2D eigenvalue weighted by Crippen LogP contribution is 2.32. The van der Waals surface area contributed by atoms with Gasteiger partial charge in [0.25, 0.3) is 0 Å². The Morgan fingerprint density at radius 3 is 2.50 bits per heavy atom. The van der Waals surface area contributed by atoms with Crippen LogP contribution in [0, 0.1) is 5.92 Å². The molecule has 1 aliphatic rings. The molecule has 7 nitrogen and oxygen atoms in total. The van der Waals surface area contributed by atoms with Gasteiger partial charge in [0.15, 0.2) is 0 Å². The average molecular weight is 444 g/mol. The lowest BCUT2D eigenvalue weighted by Crippen LogP contribution is -2.43. The molecule has 0 N–H and O–H groups in total. The molecule has 3 rings (SSSR count). The molecule has 0 spiro atoms. The number of sulfonamides is 1. The molecule has 0 bridgehead atoms. The van der Waals surface area contributed by atoms with Crippen LogP contribution in [0.3, 0.4) is 0 Å². The summed E-state index contributed by atoms with van der Waals surface area (Å²) in [6.07, 6.45) is -0.505. The number of benzene rings is 1. The highest BCUT2D eigenvalue weighted by molar-refractivity contribution is 7.89. The van der Waals surface area contributed by atoms with E-state index in [2.05, 4.69) is 5.10 Å². The summed E-state index contributed by atoms with van der Waals surface area (Å²) in [5.74, 6) is -0.422. The molecule has 1 amide bonds. The van der Waals surface area contributed by atoms with Gasteiger partial charge in [0.1, 0.15) is 0 Å². The Morgan fingerprint density at radius 2 is 1.93 bits per heavy atom. The normalized spacial score (nSPS) is 16.6. The summed E-state index contributed by atoms with van der Waals surface area (Å²) >= 11 is 0. The van der Waals surface area contributed by atoms with Crippen molar-refractivity contribution in [2.45, 2.75) is 30.5 Å². The van der Waals surface area contributed by atoms with Crippen LogP contribution in [0.1, 0.15) is 24.0 Å². The van der Waals surface area contributed by atoms with Crippen molar-refractivity contribution in [3.05, 3.63) is 47.8 Å². The Labute approximate surface area is 173 Å². The van der Waals surface area contributed by atoms with Gasteiger partial charge in [-0.3, -0.25) is 9.48 Å². The Morgan fingerprint density at radius 1 is 1.27 bits per heavy atom. The Bertz CT molecular complexity index is 1010. The molecule has 1 saturated heterocycles. The zero-order valence-electron chi connectivity index (χ0n) is 16.6. The number of rotatable bonds is 5. The molecule has 164 valence electrons. The average Bonchev–Trinajstić information content (AvgIpc) is 3.11. The molecule has 2 aromatic rings. The smallest absolute Gasteiger partial charge is 0.341 e. The van der Waals surface area contributed by atoms with Crippen LogP contribution < -0.4 is 0 Å². The lowest BCUT2D eigenvalue weighted by Gasteiger charge is -2.32. The number of nitrogens with zero attached hydrogens (tertiary/aromatic N) is 4. The molecule has 30 heavy (non-hydrogen) atoms. The SMILES string of the molecule is CN(Cc1cnn(C)c1)C(=O)C1CCN(S(=O)(=O)c2cccc(C(F)(F)F)c2)CC1. The van der Waals surface area contributed by atoms with Crippen molar-refractivity contribution in [3.63, 3.8) is 0 Å². The molecule has 0 aliphatic carbocycles. The maximum Gasteiger partial charge on any atom is 0.416 e. The van der Waals surface area contributed by atoms with Gasteiger partial charge < -0.3 is 4.90 Å². The summed E-state index contributed by atoms with van der Waals surface area (Å²) in [6.45, 7) is 0.556. The van der Waals surface area contributed by atoms with E-state index in [4.69, 9.17) is 0 Å². The molecular formula is C19H23F3N4O3S. The summed E-state index contributed by atoms with van der Waals surface area (Å²) in [5, 5.41) is 4.06. The summed E-state index contributed by atoms with van der Waals surface area (Å²) in [5.41, 5.74) is -0.122. The molecule has 0 saturated carbocycles. The van der Waals surface area contributed by atoms with Crippen LogP contribution in [0.5, 0.6) is 0 Å². The van der Waals surface area contributed by atoms with Crippen molar-refractivity contribution in [1.82, 2.24) is 19.0 Å². The fraction of sp³-hybridized carbons (Fsp3) is 0.474. The molecule has 0 unspecified atom stereocenters. The molecule has 0 radical (unpaired) electrons.